The Morgan fingerprint density at radius 2 is 1.71 bits per heavy atom. The van der Waals surface area contributed by atoms with Gasteiger partial charge in [0.05, 0.1) is 6.04 Å². The highest BCUT2D eigenvalue weighted by Crippen LogP contribution is 2.23. The first kappa shape index (κ1) is 18.5. The van der Waals surface area contributed by atoms with Gasteiger partial charge in [-0.3, -0.25) is 4.79 Å². The molecule has 0 aromatic rings. The third-order valence-electron chi connectivity index (χ3n) is 4.65. The molecule has 1 fully saturated rings. The average molecular weight is 296 g/mol. The molecule has 0 aliphatic carbocycles. The van der Waals surface area contributed by atoms with E-state index in [1.807, 2.05) is 6.92 Å². The van der Waals surface area contributed by atoms with Crippen molar-refractivity contribution in [1.82, 2.24) is 10.6 Å². The maximum Gasteiger partial charge on any atom is 0.237 e. The Balaban J connectivity index is 2.03. The minimum atomic E-state index is 0.0535. The van der Waals surface area contributed by atoms with E-state index < -0.39 is 0 Å². The molecule has 0 aromatic carbocycles. The van der Waals surface area contributed by atoms with Crippen molar-refractivity contribution in [3.63, 3.8) is 0 Å². The Labute approximate surface area is 131 Å². The zero-order chi connectivity index (χ0) is 15.3. The molecule has 0 aromatic heterocycles. The van der Waals surface area contributed by atoms with E-state index in [2.05, 4.69) is 17.6 Å². The Bertz CT molecular complexity index is 268. The molecule has 124 valence electrons. The minimum Gasteiger partial charge on any atom is -0.355 e. The quantitative estimate of drug-likeness (QED) is 0.565. The number of likely N-dealkylation sites (N-methyl/N-ethyl adjacent to an activating group) is 1. The molecule has 2 atom stereocenters. The fraction of sp³-hybridized carbons (Fsp3) is 0.944. The molecule has 1 amide bonds. The predicted molar refractivity (Wildman–Crippen MR) is 90.4 cm³/mol. The van der Waals surface area contributed by atoms with Gasteiger partial charge in [0.2, 0.25) is 5.91 Å². The minimum absolute atomic E-state index is 0.0535. The molecule has 1 aliphatic rings. The van der Waals surface area contributed by atoms with Crippen molar-refractivity contribution in [3.8, 4) is 0 Å². The zero-order valence-corrected chi connectivity index (χ0v) is 14.3. The number of piperidine rings is 1. The molecule has 0 radical (unpaired) electrons. The van der Waals surface area contributed by atoms with Crippen molar-refractivity contribution in [2.45, 2.75) is 90.5 Å². The summed E-state index contributed by atoms with van der Waals surface area (Å²) in [4.78, 5) is 11.9. The Kier molecular flexibility index (Phi) is 10.6. The summed E-state index contributed by atoms with van der Waals surface area (Å²) in [7, 11) is 0. The van der Waals surface area contributed by atoms with Crippen LogP contribution < -0.4 is 10.6 Å². The Morgan fingerprint density at radius 1 is 1.05 bits per heavy atom. The largest absolute Gasteiger partial charge is 0.355 e. The molecule has 1 aliphatic heterocycles. The van der Waals surface area contributed by atoms with Gasteiger partial charge in [-0.15, -0.1) is 0 Å². The molecular formula is C18H36N2O. The molecule has 3 heteroatoms. The summed E-state index contributed by atoms with van der Waals surface area (Å²) in [5.74, 6) is 0.942. The highest BCUT2D eigenvalue weighted by molar-refractivity contribution is 5.81. The highest BCUT2D eigenvalue weighted by atomic mass is 16.2. The second-order valence-electron chi connectivity index (χ2n) is 6.56. The van der Waals surface area contributed by atoms with Crippen LogP contribution in [0.1, 0.15) is 84.5 Å². The first-order valence-electron chi connectivity index (χ1n) is 9.29. The summed E-state index contributed by atoms with van der Waals surface area (Å²) in [6.45, 7) is 6.00. The normalized spacial score (nSPS) is 22.2. The van der Waals surface area contributed by atoms with Gasteiger partial charge in [-0.05, 0) is 32.2 Å². The Hall–Kier alpha value is -0.570. The van der Waals surface area contributed by atoms with Gasteiger partial charge in [-0.1, -0.05) is 64.7 Å². The van der Waals surface area contributed by atoms with Crippen LogP contribution in [0, 0.1) is 5.92 Å². The number of hydrogen-bond donors (Lipinski definition) is 2. The molecular weight excluding hydrogens is 260 g/mol. The SMILES string of the molecule is CCCCCCCCCCC1CCNC(C(=O)NCC)C1. The fourth-order valence-corrected chi connectivity index (χ4v) is 3.32. The van der Waals surface area contributed by atoms with E-state index in [1.54, 1.807) is 0 Å². The van der Waals surface area contributed by atoms with E-state index in [-0.39, 0.29) is 11.9 Å². The molecule has 0 bridgehead atoms. The zero-order valence-electron chi connectivity index (χ0n) is 14.3. The van der Waals surface area contributed by atoms with Gasteiger partial charge in [-0.25, -0.2) is 0 Å². The molecule has 0 saturated carbocycles. The molecule has 2 N–H and O–H groups in total. The molecule has 1 saturated heterocycles. The summed E-state index contributed by atoms with van der Waals surface area (Å²) < 4.78 is 0. The summed E-state index contributed by atoms with van der Waals surface area (Å²) in [5.41, 5.74) is 0. The first-order valence-corrected chi connectivity index (χ1v) is 9.29. The van der Waals surface area contributed by atoms with Crippen LogP contribution in [0.2, 0.25) is 0 Å². The number of rotatable bonds is 11. The second kappa shape index (κ2) is 12.0. The standard InChI is InChI=1S/C18H36N2O/c1-3-5-6-7-8-9-10-11-12-16-13-14-20-17(15-16)18(21)19-4-2/h16-17,20H,3-15H2,1-2H3,(H,19,21). The van der Waals surface area contributed by atoms with Crippen LogP contribution in [0.5, 0.6) is 0 Å². The molecule has 2 unspecified atom stereocenters. The smallest absolute Gasteiger partial charge is 0.237 e. The van der Waals surface area contributed by atoms with Crippen molar-refractivity contribution in [2.24, 2.45) is 5.92 Å². The van der Waals surface area contributed by atoms with Crippen molar-refractivity contribution >= 4 is 5.91 Å². The lowest BCUT2D eigenvalue weighted by Gasteiger charge is -2.29. The summed E-state index contributed by atoms with van der Waals surface area (Å²) in [5, 5.41) is 6.29. The number of amides is 1. The molecule has 0 spiro atoms. The van der Waals surface area contributed by atoms with Crippen LogP contribution in [0.4, 0.5) is 0 Å². The Morgan fingerprint density at radius 3 is 2.38 bits per heavy atom. The van der Waals surface area contributed by atoms with Gasteiger partial charge in [0, 0.05) is 6.54 Å². The number of hydrogen-bond acceptors (Lipinski definition) is 2. The first-order chi connectivity index (χ1) is 10.3. The predicted octanol–water partition coefficient (Wildman–Crippen LogP) is 4.02. The van der Waals surface area contributed by atoms with Crippen molar-refractivity contribution in [1.29, 1.82) is 0 Å². The van der Waals surface area contributed by atoms with E-state index in [0.29, 0.717) is 0 Å². The van der Waals surface area contributed by atoms with E-state index in [4.69, 9.17) is 0 Å². The second-order valence-corrected chi connectivity index (χ2v) is 6.56. The van der Waals surface area contributed by atoms with Crippen LogP contribution in [0.25, 0.3) is 0 Å². The molecule has 3 nitrogen and oxygen atoms in total. The van der Waals surface area contributed by atoms with E-state index in [1.165, 1.54) is 64.2 Å². The summed E-state index contributed by atoms with van der Waals surface area (Å²) in [6.07, 6.45) is 14.7. The number of nitrogens with one attached hydrogen (secondary N) is 2. The number of carbonyl (C=O) groups excluding carboxylic acids is 1. The average Bonchev–Trinajstić information content (AvgIpc) is 2.50. The van der Waals surface area contributed by atoms with Crippen LogP contribution in [0.15, 0.2) is 0 Å². The van der Waals surface area contributed by atoms with Gasteiger partial charge >= 0.3 is 0 Å². The lowest BCUT2D eigenvalue weighted by atomic mass is 9.87. The number of unbranched alkanes of at least 4 members (excludes halogenated alkanes) is 7. The van der Waals surface area contributed by atoms with Gasteiger partial charge in [0.1, 0.15) is 0 Å². The maximum absolute atomic E-state index is 11.9. The number of carbonyl (C=O) groups is 1. The maximum atomic E-state index is 11.9. The van der Waals surface area contributed by atoms with Crippen molar-refractivity contribution in [2.75, 3.05) is 13.1 Å². The molecule has 1 rings (SSSR count). The lowest BCUT2D eigenvalue weighted by molar-refractivity contribution is -0.124. The van der Waals surface area contributed by atoms with Gasteiger partial charge in [0.25, 0.3) is 0 Å². The van der Waals surface area contributed by atoms with Crippen LogP contribution in [-0.2, 0) is 4.79 Å². The summed E-state index contributed by atoms with van der Waals surface area (Å²) >= 11 is 0. The van der Waals surface area contributed by atoms with Gasteiger partial charge in [-0.2, -0.15) is 0 Å². The lowest BCUT2D eigenvalue weighted by Crippen LogP contribution is -2.48. The van der Waals surface area contributed by atoms with Crippen LogP contribution in [0.3, 0.4) is 0 Å². The monoisotopic (exact) mass is 296 g/mol. The third kappa shape index (κ3) is 8.45. The summed E-state index contributed by atoms with van der Waals surface area (Å²) in [6, 6.07) is 0.0535. The van der Waals surface area contributed by atoms with Crippen molar-refractivity contribution in [3.05, 3.63) is 0 Å². The van der Waals surface area contributed by atoms with Gasteiger partial charge in [0.15, 0.2) is 0 Å². The van der Waals surface area contributed by atoms with Crippen LogP contribution >= 0.6 is 0 Å². The third-order valence-corrected chi connectivity index (χ3v) is 4.65. The van der Waals surface area contributed by atoms with E-state index in [0.717, 1.165) is 25.4 Å². The van der Waals surface area contributed by atoms with Crippen molar-refractivity contribution < 1.29 is 4.79 Å². The molecule has 1 heterocycles. The fourth-order valence-electron chi connectivity index (χ4n) is 3.32. The van der Waals surface area contributed by atoms with E-state index in [9.17, 15) is 4.79 Å². The van der Waals surface area contributed by atoms with Gasteiger partial charge < -0.3 is 10.6 Å². The van der Waals surface area contributed by atoms with Crippen LogP contribution in [-0.4, -0.2) is 25.0 Å². The van der Waals surface area contributed by atoms with E-state index >= 15 is 0 Å². The topological polar surface area (TPSA) is 41.1 Å². The highest BCUT2D eigenvalue weighted by Gasteiger charge is 2.25. The molecule has 21 heavy (non-hydrogen) atoms.